The van der Waals surface area contributed by atoms with Crippen LogP contribution in [0.3, 0.4) is 0 Å². The van der Waals surface area contributed by atoms with E-state index in [1.165, 1.54) is 19.9 Å². The van der Waals surface area contributed by atoms with Gasteiger partial charge >= 0.3 is 0 Å². The summed E-state index contributed by atoms with van der Waals surface area (Å²) in [5.74, 6) is -1.60. The summed E-state index contributed by atoms with van der Waals surface area (Å²) < 4.78 is 36.4. The van der Waals surface area contributed by atoms with Crippen LogP contribution in [0.5, 0.6) is 0 Å². The number of benzene rings is 1. The lowest BCUT2D eigenvalue weighted by Gasteiger charge is -2.24. The van der Waals surface area contributed by atoms with Crippen molar-refractivity contribution in [3.8, 4) is 0 Å². The Bertz CT molecular complexity index is 746. The lowest BCUT2D eigenvalue weighted by molar-refractivity contribution is -0.141. The molecule has 0 radical (unpaired) electrons. The molecule has 6 nitrogen and oxygen atoms in total. The van der Waals surface area contributed by atoms with E-state index in [9.17, 15) is 22.4 Å². The van der Waals surface area contributed by atoms with E-state index in [0.29, 0.717) is 12.0 Å². The minimum Gasteiger partial charge on any atom is -0.351 e. The van der Waals surface area contributed by atoms with Crippen LogP contribution in [-0.2, 0) is 26.0 Å². The Hall–Kier alpha value is -1.96. The lowest BCUT2D eigenvalue weighted by atomic mass is 9.90. The highest BCUT2D eigenvalue weighted by atomic mass is 32.2. The van der Waals surface area contributed by atoms with Crippen molar-refractivity contribution in [2.75, 3.05) is 11.5 Å². The predicted molar refractivity (Wildman–Crippen MR) is 87.2 cm³/mol. The maximum atomic E-state index is 13.6. The highest BCUT2D eigenvalue weighted by Crippen LogP contribution is 2.19. The molecule has 1 atom stereocenters. The Morgan fingerprint density at radius 2 is 1.92 bits per heavy atom. The lowest BCUT2D eigenvalue weighted by Crippen LogP contribution is -2.50. The average molecular weight is 356 g/mol. The highest BCUT2D eigenvalue weighted by Gasteiger charge is 2.39. The first kappa shape index (κ1) is 18.4. The fourth-order valence-corrected chi connectivity index (χ4v) is 4.09. The molecule has 2 N–H and O–H groups in total. The van der Waals surface area contributed by atoms with E-state index >= 15 is 0 Å². The molecule has 1 aromatic carbocycles. The van der Waals surface area contributed by atoms with Crippen molar-refractivity contribution in [1.29, 1.82) is 0 Å². The molecule has 8 heteroatoms. The molecule has 1 fully saturated rings. The van der Waals surface area contributed by atoms with Gasteiger partial charge in [-0.1, -0.05) is 18.2 Å². The standard InChI is InChI=1S/C16H21FN2O4S/c1-16(2,15(21)19-12-7-8-24(22,23)10-12)14(20)18-9-11-5-3-4-6-13(11)17/h3-6,12H,7-10H2,1-2H3,(H,18,20)(H,19,21). The van der Waals surface area contributed by atoms with Gasteiger partial charge in [0.1, 0.15) is 11.2 Å². The Morgan fingerprint density at radius 3 is 2.50 bits per heavy atom. The van der Waals surface area contributed by atoms with Crippen molar-refractivity contribution in [2.45, 2.75) is 32.9 Å². The second-order valence-electron chi connectivity index (χ2n) is 6.47. The Balaban J connectivity index is 1.94. The molecule has 132 valence electrons. The van der Waals surface area contributed by atoms with Gasteiger partial charge < -0.3 is 10.6 Å². The van der Waals surface area contributed by atoms with E-state index in [0.717, 1.165) is 0 Å². The van der Waals surface area contributed by atoms with Crippen molar-refractivity contribution in [2.24, 2.45) is 5.41 Å². The largest absolute Gasteiger partial charge is 0.351 e. The molecule has 0 aliphatic carbocycles. The van der Waals surface area contributed by atoms with E-state index in [4.69, 9.17) is 0 Å². The normalized spacial score (nSPS) is 19.7. The topological polar surface area (TPSA) is 92.3 Å². The highest BCUT2D eigenvalue weighted by molar-refractivity contribution is 7.91. The van der Waals surface area contributed by atoms with Crippen LogP contribution in [0, 0.1) is 11.2 Å². The van der Waals surface area contributed by atoms with Crippen LogP contribution in [-0.4, -0.2) is 37.8 Å². The molecule has 0 aromatic heterocycles. The molecule has 0 saturated carbocycles. The third-order valence-corrected chi connectivity index (χ3v) is 5.87. The van der Waals surface area contributed by atoms with Gasteiger partial charge in [-0.2, -0.15) is 0 Å². The molecule has 2 amide bonds. The molecule has 1 heterocycles. The van der Waals surface area contributed by atoms with Gasteiger partial charge in [0.15, 0.2) is 9.84 Å². The first-order valence-electron chi connectivity index (χ1n) is 7.65. The number of hydrogen-bond donors (Lipinski definition) is 2. The van der Waals surface area contributed by atoms with E-state index in [2.05, 4.69) is 10.6 Å². The van der Waals surface area contributed by atoms with Gasteiger partial charge in [-0.25, -0.2) is 12.8 Å². The third-order valence-electron chi connectivity index (χ3n) is 4.10. The molecule has 24 heavy (non-hydrogen) atoms. The van der Waals surface area contributed by atoms with Crippen LogP contribution >= 0.6 is 0 Å². The number of sulfone groups is 1. The van der Waals surface area contributed by atoms with Gasteiger partial charge in [-0.15, -0.1) is 0 Å². The maximum absolute atomic E-state index is 13.6. The summed E-state index contributed by atoms with van der Waals surface area (Å²) in [6.45, 7) is 2.87. The van der Waals surface area contributed by atoms with Crippen LogP contribution in [0.2, 0.25) is 0 Å². The number of amides is 2. The van der Waals surface area contributed by atoms with Crippen LogP contribution in [0.25, 0.3) is 0 Å². The number of hydrogen-bond acceptors (Lipinski definition) is 4. The molecule has 1 unspecified atom stereocenters. The zero-order chi connectivity index (χ0) is 18.0. The minimum absolute atomic E-state index is 0.0278. The maximum Gasteiger partial charge on any atom is 0.235 e. The zero-order valence-corrected chi connectivity index (χ0v) is 14.5. The van der Waals surface area contributed by atoms with E-state index in [1.54, 1.807) is 18.2 Å². The molecule has 1 aliphatic heterocycles. The molecule has 0 bridgehead atoms. The molecule has 2 rings (SSSR count). The number of halogens is 1. The average Bonchev–Trinajstić information content (AvgIpc) is 2.84. The van der Waals surface area contributed by atoms with Crippen LogP contribution in [0.15, 0.2) is 24.3 Å². The minimum atomic E-state index is -3.11. The summed E-state index contributed by atoms with van der Waals surface area (Å²) in [6, 6.07) is 5.57. The van der Waals surface area contributed by atoms with Crippen molar-refractivity contribution in [3.05, 3.63) is 35.6 Å². The third kappa shape index (κ3) is 4.31. The van der Waals surface area contributed by atoms with E-state index < -0.39 is 38.9 Å². The fourth-order valence-electron chi connectivity index (χ4n) is 2.42. The van der Waals surface area contributed by atoms with Crippen molar-refractivity contribution in [3.63, 3.8) is 0 Å². The fraction of sp³-hybridized carbons (Fsp3) is 0.500. The van der Waals surface area contributed by atoms with E-state index in [1.807, 2.05) is 0 Å². The summed E-state index contributed by atoms with van der Waals surface area (Å²) in [6.07, 6.45) is 0.348. The predicted octanol–water partition coefficient (Wildman–Crippen LogP) is 0.771. The van der Waals surface area contributed by atoms with Gasteiger partial charge in [-0.05, 0) is 26.3 Å². The summed E-state index contributed by atoms with van der Waals surface area (Å²) in [5, 5.41) is 5.16. The van der Waals surface area contributed by atoms with Gasteiger partial charge in [0.05, 0.1) is 11.5 Å². The molecule has 1 aromatic rings. The summed E-state index contributed by atoms with van der Waals surface area (Å²) >= 11 is 0. The zero-order valence-electron chi connectivity index (χ0n) is 13.6. The van der Waals surface area contributed by atoms with Crippen molar-refractivity contribution < 1.29 is 22.4 Å². The first-order valence-corrected chi connectivity index (χ1v) is 9.47. The molecule has 1 saturated heterocycles. The monoisotopic (exact) mass is 356 g/mol. The van der Waals surface area contributed by atoms with Gasteiger partial charge in [-0.3, -0.25) is 9.59 Å². The van der Waals surface area contributed by atoms with Crippen LogP contribution in [0.1, 0.15) is 25.8 Å². The van der Waals surface area contributed by atoms with Gasteiger partial charge in [0.25, 0.3) is 0 Å². The van der Waals surface area contributed by atoms with Crippen molar-refractivity contribution in [1.82, 2.24) is 10.6 Å². The summed E-state index contributed by atoms with van der Waals surface area (Å²) in [4.78, 5) is 24.6. The smallest absolute Gasteiger partial charge is 0.235 e. The number of rotatable bonds is 5. The van der Waals surface area contributed by atoms with E-state index in [-0.39, 0.29) is 18.1 Å². The SMILES string of the molecule is CC(C)(C(=O)NCc1ccccc1F)C(=O)NC1CCS(=O)(=O)C1. The molecular weight excluding hydrogens is 335 g/mol. The van der Waals surface area contributed by atoms with Crippen LogP contribution < -0.4 is 10.6 Å². The number of nitrogens with one attached hydrogen (secondary N) is 2. The molecule has 1 aliphatic rings. The molecule has 0 spiro atoms. The molecular formula is C16H21FN2O4S. The summed E-state index contributed by atoms with van der Waals surface area (Å²) in [5.41, 5.74) is -1.07. The quantitative estimate of drug-likeness (QED) is 0.763. The van der Waals surface area contributed by atoms with Gasteiger partial charge in [0, 0.05) is 18.2 Å². The summed E-state index contributed by atoms with van der Waals surface area (Å²) in [7, 11) is -3.11. The number of carbonyl (C=O) groups excluding carboxylic acids is 2. The van der Waals surface area contributed by atoms with Crippen LogP contribution in [0.4, 0.5) is 4.39 Å². The second kappa shape index (κ2) is 6.88. The Morgan fingerprint density at radius 1 is 1.25 bits per heavy atom. The number of carbonyl (C=O) groups is 2. The first-order chi connectivity index (χ1) is 11.1. The Labute approximate surface area is 140 Å². The van der Waals surface area contributed by atoms with Gasteiger partial charge in [0.2, 0.25) is 11.8 Å². The second-order valence-corrected chi connectivity index (χ2v) is 8.70. The Kier molecular flexibility index (Phi) is 5.27. The van der Waals surface area contributed by atoms with Crippen molar-refractivity contribution >= 4 is 21.7 Å².